The predicted molar refractivity (Wildman–Crippen MR) is 97.2 cm³/mol. The van der Waals surface area contributed by atoms with Crippen LogP contribution in [0.4, 0.5) is 0 Å². The average Bonchev–Trinajstić information content (AvgIpc) is 2.78. The number of hydrogen-bond acceptors (Lipinski definition) is 3. The molecule has 0 fully saturated rings. The Morgan fingerprint density at radius 2 is 1.24 bits per heavy atom. The highest BCUT2D eigenvalue weighted by Crippen LogP contribution is 2.44. The lowest BCUT2D eigenvalue weighted by atomic mass is 9.70. The molecule has 3 aromatic rings. The molecule has 0 bridgehead atoms. The standard InChI is InChI=1S/C21H18O3S/c22-25(23)16-24-15-21(17-9-3-1-4-10-17,18-11-5-2-6-12-18)19-13-7-8-14-20(19)25/h1-14H,15-16H2. The zero-order valence-corrected chi connectivity index (χ0v) is 14.4. The van der Waals surface area contributed by atoms with Crippen LogP contribution in [-0.4, -0.2) is 21.0 Å². The van der Waals surface area contributed by atoms with Crippen LogP contribution in [0.5, 0.6) is 0 Å². The van der Waals surface area contributed by atoms with Gasteiger partial charge >= 0.3 is 0 Å². The van der Waals surface area contributed by atoms with Gasteiger partial charge in [-0.15, -0.1) is 0 Å². The first kappa shape index (κ1) is 16.1. The highest BCUT2D eigenvalue weighted by atomic mass is 32.2. The minimum atomic E-state index is -3.49. The van der Waals surface area contributed by atoms with Crippen molar-refractivity contribution < 1.29 is 13.2 Å². The summed E-state index contributed by atoms with van der Waals surface area (Å²) in [6.07, 6.45) is 0. The van der Waals surface area contributed by atoms with Crippen LogP contribution in [0.2, 0.25) is 0 Å². The number of hydrogen-bond donors (Lipinski definition) is 0. The van der Waals surface area contributed by atoms with E-state index in [1.807, 2.05) is 72.8 Å². The van der Waals surface area contributed by atoms with Gasteiger partial charge in [-0.3, -0.25) is 0 Å². The molecular weight excluding hydrogens is 332 g/mol. The molecule has 0 atom stereocenters. The molecule has 0 radical (unpaired) electrons. The summed E-state index contributed by atoms with van der Waals surface area (Å²) in [7, 11) is -3.49. The lowest BCUT2D eigenvalue weighted by Crippen LogP contribution is -2.34. The summed E-state index contributed by atoms with van der Waals surface area (Å²) in [6.45, 7) is 0.275. The van der Waals surface area contributed by atoms with E-state index < -0.39 is 15.3 Å². The van der Waals surface area contributed by atoms with Crippen molar-refractivity contribution in [3.63, 3.8) is 0 Å². The van der Waals surface area contributed by atoms with Gasteiger partial charge in [-0.1, -0.05) is 78.9 Å². The van der Waals surface area contributed by atoms with Crippen molar-refractivity contribution in [2.75, 3.05) is 12.5 Å². The maximum atomic E-state index is 12.7. The van der Waals surface area contributed by atoms with E-state index in [4.69, 9.17) is 4.74 Å². The van der Waals surface area contributed by atoms with Crippen molar-refractivity contribution in [2.45, 2.75) is 10.3 Å². The zero-order valence-electron chi connectivity index (χ0n) is 13.6. The van der Waals surface area contributed by atoms with Crippen LogP contribution in [0.3, 0.4) is 0 Å². The lowest BCUT2D eigenvalue weighted by Gasteiger charge is -2.34. The van der Waals surface area contributed by atoms with Gasteiger partial charge in [0.25, 0.3) is 0 Å². The SMILES string of the molecule is O=S1(=O)COCC(c2ccccc2)(c2ccccc2)c2ccccc21. The third-order valence-corrected chi connectivity index (χ3v) is 6.28. The number of fused-ring (bicyclic) bond motifs is 1. The molecule has 4 rings (SSSR count). The van der Waals surface area contributed by atoms with E-state index >= 15 is 0 Å². The van der Waals surface area contributed by atoms with Crippen LogP contribution in [0, 0.1) is 0 Å². The lowest BCUT2D eigenvalue weighted by molar-refractivity contribution is 0.148. The van der Waals surface area contributed by atoms with E-state index in [-0.39, 0.29) is 12.5 Å². The minimum absolute atomic E-state index is 0.275. The first-order valence-electron chi connectivity index (χ1n) is 8.16. The van der Waals surface area contributed by atoms with Crippen LogP contribution >= 0.6 is 0 Å². The molecule has 126 valence electrons. The van der Waals surface area contributed by atoms with Crippen LogP contribution in [0.15, 0.2) is 89.8 Å². The normalized spacial score (nSPS) is 18.1. The molecule has 0 N–H and O–H groups in total. The van der Waals surface area contributed by atoms with Crippen LogP contribution in [-0.2, 0) is 20.0 Å². The van der Waals surface area contributed by atoms with Gasteiger partial charge in [-0.05, 0) is 22.8 Å². The monoisotopic (exact) mass is 350 g/mol. The van der Waals surface area contributed by atoms with Gasteiger partial charge in [0.05, 0.1) is 16.9 Å². The smallest absolute Gasteiger partial charge is 0.202 e. The van der Waals surface area contributed by atoms with E-state index in [0.29, 0.717) is 4.90 Å². The van der Waals surface area contributed by atoms with E-state index in [1.54, 1.807) is 12.1 Å². The first-order valence-corrected chi connectivity index (χ1v) is 9.81. The molecule has 1 aliphatic rings. The summed E-state index contributed by atoms with van der Waals surface area (Å²) in [5.74, 6) is -0.300. The summed E-state index contributed by atoms with van der Waals surface area (Å²) in [5.41, 5.74) is 2.14. The number of ether oxygens (including phenoxy) is 1. The molecule has 0 amide bonds. The Morgan fingerprint density at radius 3 is 1.84 bits per heavy atom. The zero-order chi connectivity index (χ0) is 17.3. The minimum Gasteiger partial charge on any atom is -0.364 e. The van der Waals surface area contributed by atoms with Crippen LogP contribution in [0.25, 0.3) is 0 Å². The molecule has 3 aromatic carbocycles. The first-order chi connectivity index (χ1) is 12.1. The largest absolute Gasteiger partial charge is 0.364 e. The molecule has 1 aliphatic heterocycles. The van der Waals surface area contributed by atoms with Crippen molar-refractivity contribution in [3.8, 4) is 0 Å². The van der Waals surface area contributed by atoms with Crippen molar-refractivity contribution >= 4 is 9.84 Å². The van der Waals surface area contributed by atoms with Crippen molar-refractivity contribution in [1.82, 2.24) is 0 Å². The van der Waals surface area contributed by atoms with Gasteiger partial charge in [0.1, 0.15) is 0 Å². The maximum Gasteiger partial charge on any atom is 0.202 e. The molecule has 4 heteroatoms. The van der Waals surface area contributed by atoms with Crippen LogP contribution < -0.4 is 0 Å². The van der Waals surface area contributed by atoms with Gasteiger partial charge < -0.3 is 4.74 Å². The Bertz CT molecular complexity index is 940. The fourth-order valence-corrected chi connectivity index (χ4v) is 4.92. The molecule has 0 spiro atoms. The summed E-state index contributed by atoms with van der Waals surface area (Å²) in [5, 5.41) is 0. The third kappa shape index (κ3) is 2.58. The van der Waals surface area contributed by atoms with Crippen molar-refractivity contribution in [1.29, 1.82) is 0 Å². The van der Waals surface area contributed by atoms with Gasteiger partial charge in [0, 0.05) is 0 Å². The molecule has 3 nitrogen and oxygen atoms in total. The van der Waals surface area contributed by atoms with Gasteiger partial charge in [-0.2, -0.15) is 0 Å². The number of sulfone groups is 1. The van der Waals surface area contributed by atoms with E-state index in [0.717, 1.165) is 16.7 Å². The Kier molecular flexibility index (Phi) is 3.94. The molecule has 0 saturated heterocycles. The summed E-state index contributed by atoms with van der Waals surface area (Å²) >= 11 is 0. The van der Waals surface area contributed by atoms with E-state index in [9.17, 15) is 8.42 Å². The fraction of sp³-hybridized carbons (Fsp3) is 0.143. The molecule has 0 aliphatic carbocycles. The summed E-state index contributed by atoms with van der Waals surface area (Å²) < 4.78 is 31.2. The highest BCUT2D eigenvalue weighted by molar-refractivity contribution is 7.91. The summed E-state index contributed by atoms with van der Waals surface area (Å²) in [4.78, 5) is 0.347. The number of rotatable bonds is 2. The fourth-order valence-electron chi connectivity index (χ4n) is 3.63. The van der Waals surface area contributed by atoms with Gasteiger partial charge in [0.15, 0.2) is 5.94 Å². The molecule has 0 unspecified atom stereocenters. The Balaban J connectivity index is 2.12. The molecule has 25 heavy (non-hydrogen) atoms. The predicted octanol–water partition coefficient (Wildman–Crippen LogP) is 3.78. The van der Waals surface area contributed by atoms with E-state index in [2.05, 4.69) is 0 Å². The molecule has 0 saturated carbocycles. The van der Waals surface area contributed by atoms with Gasteiger partial charge in [-0.25, -0.2) is 8.42 Å². The second-order valence-electron chi connectivity index (χ2n) is 6.21. The average molecular weight is 350 g/mol. The van der Waals surface area contributed by atoms with Crippen LogP contribution in [0.1, 0.15) is 16.7 Å². The Morgan fingerprint density at radius 1 is 0.720 bits per heavy atom. The Labute approximate surface area is 147 Å². The second-order valence-corrected chi connectivity index (χ2v) is 8.12. The maximum absolute atomic E-state index is 12.7. The second kappa shape index (κ2) is 6.14. The third-order valence-electron chi connectivity index (χ3n) is 4.77. The summed E-state index contributed by atoms with van der Waals surface area (Å²) in [6, 6.07) is 27.2. The van der Waals surface area contributed by atoms with E-state index in [1.165, 1.54) is 0 Å². The van der Waals surface area contributed by atoms with Gasteiger partial charge in [0.2, 0.25) is 9.84 Å². The highest BCUT2D eigenvalue weighted by Gasteiger charge is 2.42. The van der Waals surface area contributed by atoms with Crippen molar-refractivity contribution in [3.05, 3.63) is 102 Å². The topological polar surface area (TPSA) is 43.4 Å². The molecule has 1 heterocycles. The number of benzene rings is 3. The molecular formula is C21H18O3S. The molecule has 0 aromatic heterocycles. The quantitative estimate of drug-likeness (QED) is 0.706. The Hall–Kier alpha value is -2.43. The van der Waals surface area contributed by atoms with Crippen molar-refractivity contribution in [2.24, 2.45) is 0 Å².